The van der Waals surface area contributed by atoms with Gasteiger partial charge in [-0.3, -0.25) is 4.79 Å². The smallest absolute Gasteiger partial charge is 0.261 e. The lowest BCUT2D eigenvalue weighted by atomic mass is 10.1. The third-order valence-corrected chi connectivity index (χ3v) is 6.28. The molecule has 2 N–H and O–H groups in total. The quantitative estimate of drug-likeness (QED) is 0.618. The zero-order valence-corrected chi connectivity index (χ0v) is 17.3. The van der Waals surface area contributed by atoms with Gasteiger partial charge in [0.05, 0.1) is 23.5 Å². The molecule has 8 heteroatoms. The van der Waals surface area contributed by atoms with Crippen LogP contribution in [-0.2, 0) is 11.3 Å². The molecular weight excluding hydrogens is 388 g/mol. The van der Waals surface area contributed by atoms with Gasteiger partial charge in [-0.25, -0.2) is 9.97 Å². The van der Waals surface area contributed by atoms with Gasteiger partial charge >= 0.3 is 0 Å². The number of rotatable bonds is 7. The molecule has 0 spiro atoms. The normalized spacial score (nSPS) is 16.1. The Morgan fingerprint density at radius 1 is 1.34 bits per heavy atom. The van der Waals surface area contributed by atoms with E-state index in [1.807, 2.05) is 31.2 Å². The highest BCUT2D eigenvalue weighted by Crippen LogP contribution is 2.33. The van der Waals surface area contributed by atoms with E-state index in [0.717, 1.165) is 46.5 Å². The highest BCUT2D eigenvalue weighted by Gasteiger charge is 2.21. The second-order valence-corrected chi connectivity index (χ2v) is 7.97. The second-order valence-electron chi connectivity index (χ2n) is 6.97. The van der Waals surface area contributed by atoms with Crippen LogP contribution in [0.1, 0.15) is 33.6 Å². The molecule has 1 amide bonds. The largest absolute Gasteiger partial charge is 0.496 e. The van der Waals surface area contributed by atoms with Crippen LogP contribution in [-0.4, -0.2) is 42.2 Å². The Labute approximate surface area is 173 Å². The third-order valence-electron chi connectivity index (χ3n) is 5.09. The van der Waals surface area contributed by atoms with E-state index < -0.39 is 0 Å². The van der Waals surface area contributed by atoms with Gasteiger partial charge < -0.3 is 20.1 Å². The van der Waals surface area contributed by atoms with E-state index in [-0.39, 0.29) is 12.0 Å². The number of fused-ring (bicyclic) bond motifs is 1. The molecule has 1 fully saturated rings. The maximum atomic E-state index is 12.7. The molecule has 0 aliphatic carbocycles. The van der Waals surface area contributed by atoms with Gasteiger partial charge in [-0.2, -0.15) is 0 Å². The highest BCUT2D eigenvalue weighted by atomic mass is 32.1. The van der Waals surface area contributed by atoms with Crippen molar-refractivity contribution in [3.05, 3.63) is 46.6 Å². The average Bonchev–Trinajstić information content (AvgIpc) is 3.39. The first-order valence-corrected chi connectivity index (χ1v) is 10.5. The standard InChI is InChI=1S/C21H24N4O3S/c1-13-17-19(22-10-14-6-3-4-8-16(14)27-2)24-12-25-21(17)29-18(13)20(26)23-11-15-7-5-9-28-15/h3-4,6,8,12,15H,5,7,9-11H2,1-2H3,(H,23,26)(H,22,24,25). The lowest BCUT2D eigenvalue weighted by Gasteiger charge is -2.11. The summed E-state index contributed by atoms with van der Waals surface area (Å²) in [7, 11) is 1.66. The fourth-order valence-electron chi connectivity index (χ4n) is 3.54. The number of benzene rings is 1. The van der Waals surface area contributed by atoms with Crippen LogP contribution < -0.4 is 15.4 Å². The number of thiophene rings is 1. The zero-order valence-electron chi connectivity index (χ0n) is 16.5. The van der Waals surface area contributed by atoms with Crippen molar-refractivity contribution in [3.8, 4) is 5.75 Å². The molecule has 1 aromatic carbocycles. The maximum Gasteiger partial charge on any atom is 0.261 e. The van der Waals surface area contributed by atoms with Gasteiger partial charge in [-0.15, -0.1) is 11.3 Å². The summed E-state index contributed by atoms with van der Waals surface area (Å²) in [5.41, 5.74) is 1.92. The number of aryl methyl sites for hydroxylation is 1. The molecule has 7 nitrogen and oxygen atoms in total. The molecule has 1 atom stereocenters. The molecule has 29 heavy (non-hydrogen) atoms. The molecular formula is C21H24N4O3S. The molecule has 152 valence electrons. The number of carbonyl (C=O) groups is 1. The van der Waals surface area contributed by atoms with Crippen molar-refractivity contribution in [2.75, 3.05) is 25.6 Å². The van der Waals surface area contributed by atoms with Crippen LogP contribution in [0.3, 0.4) is 0 Å². The number of methoxy groups -OCH3 is 1. The van der Waals surface area contributed by atoms with Crippen LogP contribution in [0.2, 0.25) is 0 Å². The third kappa shape index (κ3) is 4.18. The van der Waals surface area contributed by atoms with Crippen molar-refractivity contribution in [3.63, 3.8) is 0 Å². The van der Waals surface area contributed by atoms with E-state index in [0.29, 0.717) is 23.8 Å². The van der Waals surface area contributed by atoms with E-state index in [4.69, 9.17) is 9.47 Å². The number of para-hydroxylation sites is 1. The maximum absolute atomic E-state index is 12.7. The van der Waals surface area contributed by atoms with Crippen molar-refractivity contribution in [2.24, 2.45) is 0 Å². The predicted octanol–water partition coefficient (Wildman–Crippen LogP) is 3.53. The number of carbonyl (C=O) groups excluding carboxylic acids is 1. The Bertz CT molecular complexity index is 1010. The molecule has 0 bridgehead atoms. The first-order valence-electron chi connectivity index (χ1n) is 9.67. The topological polar surface area (TPSA) is 85.4 Å². The number of ether oxygens (including phenoxy) is 2. The average molecular weight is 413 g/mol. The van der Waals surface area contributed by atoms with E-state index in [2.05, 4.69) is 20.6 Å². The summed E-state index contributed by atoms with van der Waals surface area (Å²) in [5, 5.41) is 7.25. The fourth-order valence-corrected chi connectivity index (χ4v) is 4.61. The van der Waals surface area contributed by atoms with Crippen molar-refractivity contribution < 1.29 is 14.3 Å². The number of anilines is 1. The predicted molar refractivity (Wildman–Crippen MR) is 114 cm³/mol. The highest BCUT2D eigenvalue weighted by molar-refractivity contribution is 7.20. The van der Waals surface area contributed by atoms with Gasteiger partial charge in [0.15, 0.2) is 0 Å². The van der Waals surface area contributed by atoms with Gasteiger partial charge in [0.1, 0.15) is 22.7 Å². The van der Waals surface area contributed by atoms with E-state index in [1.54, 1.807) is 7.11 Å². The molecule has 3 heterocycles. The summed E-state index contributed by atoms with van der Waals surface area (Å²) in [6.45, 7) is 3.82. The Kier molecular flexibility index (Phi) is 5.92. The Balaban J connectivity index is 1.54. The van der Waals surface area contributed by atoms with Gasteiger partial charge in [-0.1, -0.05) is 18.2 Å². The van der Waals surface area contributed by atoms with E-state index >= 15 is 0 Å². The van der Waals surface area contributed by atoms with Gasteiger partial charge in [0.2, 0.25) is 0 Å². The molecule has 1 saturated heterocycles. The lowest BCUT2D eigenvalue weighted by molar-refractivity contribution is 0.0860. The van der Waals surface area contributed by atoms with Gasteiger partial charge in [0, 0.05) is 25.3 Å². The van der Waals surface area contributed by atoms with Crippen molar-refractivity contribution in [2.45, 2.75) is 32.4 Å². The Hall–Kier alpha value is -2.71. The fraction of sp³-hybridized carbons (Fsp3) is 0.381. The minimum atomic E-state index is -0.0864. The van der Waals surface area contributed by atoms with Crippen molar-refractivity contribution in [1.82, 2.24) is 15.3 Å². The SMILES string of the molecule is COc1ccccc1CNc1ncnc2sc(C(=O)NCC3CCCO3)c(C)c12. The number of amides is 1. The summed E-state index contributed by atoms with van der Waals surface area (Å²) >= 11 is 1.39. The van der Waals surface area contributed by atoms with E-state index in [9.17, 15) is 4.79 Å². The monoisotopic (exact) mass is 412 g/mol. The van der Waals surface area contributed by atoms with Crippen LogP contribution in [0, 0.1) is 6.92 Å². The molecule has 1 aliphatic rings. The minimum Gasteiger partial charge on any atom is -0.496 e. The molecule has 0 saturated carbocycles. The zero-order chi connectivity index (χ0) is 20.2. The van der Waals surface area contributed by atoms with Crippen LogP contribution in [0.5, 0.6) is 5.75 Å². The van der Waals surface area contributed by atoms with Crippen LogP contribution in [0.4, 0.5) is 5.82 Å². The van der Waals surface area contributed by atoms with Crippen LogP contribution in [0.15, 0.2) is 30.6 Å². The molecule has 0 radical (unpaired) electrons. The number of aromatic nitrogens is 2. The number of hydrogen-bond donors (Lipinski definition) is 2. The molecule has 1 unspecified atom stereocenters. The van der Waals surface area contributed by atoms with Gasteiger partial charge in [0.25, 0.3) is 5.91 Å². The molecule has 3 aromatic rings. The minimum absolute atomic E-state index is 0.0864. The van der Waals surface area contributed by atoms with Crippen LogP contribution in [0.25, 0.3) is 10.2 Å². The van der Waals surface area contributed by atoms with Gasteiger partial charge in [-0.05, 0) is 31.4 Å². The van der Waals surface area contributed by atoms with Crippen LogP contribution >= 0.6 is 11.3 Å². The molecule has 1 aliphatic heterocycles. The Morgan fingerprint density at radius 2 is 2.21 bits per heavy atom. The summed E-state index contributed by atoms with van der Waals surface area (Å²) in [4.78, 5) is 23.0. The molecule has 2 aromatic heterocycles. The second kappa shape index (κ2) is 8.75. The van der Waals surface area contributed by atoms with E-state index in [1.165, 1.54) is 17.7 Å². The lowest BCUT2D eigenvalue weighted by Crippen LogP contribution is -2.31. The summed E-state index contributed by atoms with van der Waals surface area (Å²) in [6.07, 6.45) is 3.69. The summed E-state index contributed by atoms with van der Waals surface area (Å²) in [6, 6.07) is 7.85. The summed E-state index contributed by atoms with van der Waals surface area (Å²) < 4.78 is 11.0. The Morgan fingerprint density at radius 3 is 3.00 bits per heavy atom. The molecule has 4 rings (SSSR count). The number of nitrogens with one attached hydrogen (secondary N) is 2. The number of nitrogens with zero attached hydrogens (tertiary/aromatic N) is 2. The first-order chi connectivity index (χ1) is 14.2. The van der Waals surface area contributed by atoms with Crippen molar-refractivity contribution in [1.29, 1.82) is 0 Å². The first kappa shape index (κ1) is 19.6. The summed E-state index contributed by atoms with van der Waals surface area (Å²) in [5.74, 6) is 1.45. The van der Waals surface area contributed by atoms with Crippen molar-refractivity contribution >= 4 is 33.3 Å². The number of hydrogen-bond acceptors (Lipinski definition) is 7.